The van der Waals surface area contributed by atoms with Gasteiger partial charge in [-0.2, -0.15) is 0 Å². The fraction of sp³-hybridized carbons (Fsp3) is 0.182. The fourth-order valence-electron chi connectivity index (χ4n) is 1.59. The molecule has 0 bridgehead atoms. The standard InChI is InChI=1S/C11H12N4O/c1-7-5-3-4-6-9(7)15-8(2)10(11(12)16)13-14-15/h3-6H,1-2H3,(H2,12,16). The molecule has 0 radical (unpaired) electrons. The van der Waals surface area contributed by atoms with E-state index in [0.717, 1.165) is 11.3 Å². The first-order chi connectivity index (χ1) is 7.61. The predicted octanol–water partition coefficient (Wildman–Crippen LogP) is 0.983. The van der Waals surface area contributed by atoms with Crippen LogP contribution < -0.4 is 5.73 Å². The number of hydrogen-bond donors (Lipinski definition) is 1. The summed E-state index contributed by atoms with van der Waals surface area (Å²) in [5.74, 6) is -0.558. The molecular weight excluding hydrogens is 204 g/mol. The fourth-order valence-corrected chi connectivity index (χ4v) is 1.59. The Morgan fingerprint density at radius 2 is 2.00 bits per heavy atom. The van der Waals surface area contributed by atoms with Crippen LogP contribution >= 0.6 is 0 Å². The van der Waals surface area contributed by atoms with Gasteiger partial charge in [-0.3, -0.25) is 4.79 Å². The number of primary amides is 1. The number of nitrogens with zero attached hydrogens (tertiary/aromatic N) is 3. The first kappa shape index (κ1) is 10.4. The van der Waals surface area contributed by atoms with Gasteiger partial charge in [-0.05, 0) is 25.5 Å². The molecule has 0 fully saturated rings. The summed E-state index contributed by atoms with van der Waals surface area (Å²) in [6.45, 7) is 3.74. The van der Waals surface area contributed by atoms with Crippen LogP contribution in [0, 0.1) is 13.8 Å². The minimum atomic E-state index is -0.558. The quantitative estimate of drug-likeness (QED) is 0.813. The molecule has 0 saturated heterocycles. The lowest BCUT2D eigenvalue weighted by atomic mass is 10.2. The van der Waals surface area contributed by atoms with Gasteiger partial charge in [0.1, 0.15) is 0 Å². The minimum Gasteiger partial charge on any atom is -0.364 e. The minimum absolute atomic E-state index is 0.211. The van der Waals surface area contributed by atoms with Gasteiger partial charge in [0.05, 0.1) is 11.4 Å². The summed E-state index contributed by atoms with van der Waals surface area (Å²) in [6.07, 6.45) is 0. The lowest BCUT2D eigenvalue weighted by Crippen LogP contribution is -2.13. The largest absolute Gasteiger partial charge is 0.364 e. The van der Waals surface area contributed by atoms with Crippen LogP contribution in [0.4, 0.5) is 0 Å². The van der Waals surface area contributed by atoms with Crippen molar-refractivity contribution in [2.24, 2.45) is 5.73 Å². The lowest BCUT2D eigenvalue weighted by molar-refractivity contribution is 0.0995. The number of nitrogens with two attached hydrogens (primary N) is 1. The number of rotatable bonds is 2. The molecule has 0 spiro atoms. The third-order valence-electron chi connectivity index (χ3n) is 2.47. The van der Waals surface area contributed by atoms with Crippen molar-refractivity contribution >= 4 is 5.91 Å². The Morgan fingerprint density at radius 1 is 1.31 bits per heavy atom. The van der Waals surface area contributed by atoms with Gasteiger partial charge < -0.3 is 5.73 Å². The van der Waals surface area contributed by atoms with E-state index in [1.165, 1.54) is 0 Å². The van der Waals surface area contributed by atoms with E-state index in [4.69, 9.17) is 5.73 Å². The molecule has 2 N–H and O–H groups in total. The highest BCUT2D eigenvalue weighted by atomic mass is 16.1. The van der Waals surface area contributed by atoms with Crippen molar-refractivity contribution in [1.29, 1.82) is 0 Å². The third kappa shape index (κ3) is 1.56. The maximum Gasteiger partial charge on any atom is 0.271 e. The van der Waals surface area contributed by atoms with Crippen LogP contribution in [-0.2, 0) is 0 Å². The highest BCUT2D eigenvalue weighted by molar-refractivity contribution is 5.91. The molecule has 16 heavy (non-hydrogen) atoms. The first-order valence-electron chi connectivity index (χ1n) is 4.89. The van der Waals surface area contributed by atoms with Crippen molar-refractivity contribution in [3.8, 4) is 5.69 Å². The zero-order valence-corrected chi connectivity index (χ0v) is 9.14. The second-order valence-electron chi connectivity index (χ2n) is 3.59. The molecule has 5 nitrogen and oxygen atoms in total. The van der Waals surface area contributed by atoms with Crippen molar-refractivity contribution in [1.82, 2.24) is 15.0 Å². The Kier molecular flexibility index (Phi) is 2.44. The summed E-state index contributed by atoms with van der Waals surface area (Å²) >= 11 is 0. The highest BCUT2D eigenvalue weighted by Gasteiger charge is 2.14. The van der Waals surface area contributed by atoms with E-state index >= 15 is 0 Å². The molecule has 0 aliphatic carbocycles. The molecular formula is C11H12N4O. The van der Waals surface area contributed by atoms with E-state index < -0.39 is 5.91 Å². The second-order valence-corrected chi connectivity index (χ2v) is 3.59. The van der Waals surface area contributed by atoms with Crippen LogP contribution in [0.25, 0.3) is 5.69 Å². The molecule has 2 rings (SSSR count). The van der Waals surface area contributed by atoms with Gasteiger partial charge in [-0.25, -0.2) is 4.68 Å². The van der Waals surface area contributed by atoms with Crippen molar-refractivity contribution in [2.45, 2.75) is 13.8 Å². The van der Waals surface area contributed by atoms with Gasteiger partial charge in [-0.15, -0.1) is 5.10 Å². The number of para-hydroxylation sites is 1. The summed E-state index contributed by atoms with van der Waals surface area (Å²) in [7, 11) is 0. The average Bonchev–Trinajstić information content (AvgIpc) is 2.61. The van der Waals surface area contributed by atoms with Crippen molar-refractivity contribution in [3.63, 3.8) is 0 Å². The molecule has 0 aliphatic rings. The molecule has 1 aromatic heterocycles. The number of amides is 1. The molecule has 1 aromatic carbocycles. The Bertz CT molecular complexity index is 545. The molecule has 0 atom stereocenters. The number of carbonyl (C=O) groups is 1. The summed E-state index contributed by atoms with van der Waals surface area (Å²) < 4.78 is 1.62. The first-order valence-corrected chi connectivity index (χ1v) is 4.89. The highest BCUT2D eigenvalue weighted by Crippen LogP contribution is 2.15. The molecule has 1 amide bonds. The van der Waals surface area contributed by atoms with Crippen molar-refractivity contribution < 1.29 is 4.79 Å². The summed E-state index contributed by atoms with van der Waals surface area (Å²) in [5.41, 5.74) is 8.02. The molecule has 5 heteroatoms. The third-order valence-corrected chi connectivity index (χ3v) is 2.47. The number of aryl methyl sites for hydroxylation is 1. The van der Waals surface area contributed by atoms with Gasteiger partial charge in [0.2, 0.25) is 0 Å². The van der Waals surface area contributed by atoms with E-state index in [1.807, 2.05) is 31.2 Å². The van der Waals surface area contributed by atoms with Crippen LogP contribution in [0.5, 0.6) is 0 Å². The molecule has 0 aliphatic heterocycles. The van der Waals surface area contributed by atoms with Crippen molar-refractivity contribution in [2.75, 3.05) is 0 Å². The van der Waals surface area contributed by atoms with Gasteiger partial charge in [0, 0.05) is 0 Å². The van der Waals surface area contributed by atoms with Crippen LogP contribution in [0.2, 0.25) is 0 Å². The van der Waals surface area contributed by atoms with Gasteiger partial charge in [-0.1, -0.05) is 23.4 Å². The maximum absolute atomic E-state index is 11.1. The van der Waals surface area contributed by atoms with Crippen LogP contribution in [-0.4, -0.2) is 20.9 Å². The molecule has 0 saturated carbocycles. The monoisotopic (exact) mass is 216 g/mol. The number of hydrogen-bond acceptors (Lipinski definition) is 3. The Morgan fingerprint density at radius 3 is 2.56 bits per heavy atom. The van der Waals surface area contributed by atoms with Crippen LogP contribution in [0.1, 0.15) is 21.7 Å². The summed E-state index contributed by atoms with van der Waals surface area (Å²) in [5, 5.41) is 7.71. The zero-order valence-electron chi connectivity index (χ0n) is 9.14. The normalized spacial score (nSPS) is 10.4. The summed E-state index contributed by atoms with van der Waals surface area (Å²) in [6, 6.07) is 7.75. The van der Waals surface area contributed by atoms with Gasteiger partial charge in [0.15, 0.2) is 5.69 Å². The number of carbonyl (C=O) groups excluding carboxylic acids is 1. The molecule has 1 heterocycles. The second kappa shape index (κ2) is 3.77. The van der Waals surface area contributed by atoms with Crippen LogP contribution in [0.15, 0.2) is 24.3 Å². The maximum atomic E-state index is 11.1. The molecule has 2 aromatic rings. The van der Waals surface area contributed by atoms with Crippen molar-refractivity contribution in [3.05, 3.63) is 41.2 Å². The molecule has 0 unspecified atom stereocenters. The smallest absolute Gasteiger partial charge is 0.271 e. The SMILES string of the molecule is Cc1ccccc1-n1nnc(C(N)=O)c1C. The Labute approximate surface area is 92.9 Å². The average molecular weight is 216 g/mol. The van der Waals surface area contributed by atoms with E-state index in [9.17, 15) is 4.79 Å². The van der Waals surface area contributed by atoms with E-state index in [2.05, 4.69) is 10.3 Å². The zero-order chi connectivity index (χ0) is 11.7. The number of aromatic nitrogens is 3. The van der Waals surface area contributed by atoms with E-state index in [-0.39, 0.29) is 5.69 Å². The lowest BCUT2D eigenvalue weighted by Gasteiger charge is -2.06. The van der Waals surface area contributed by atoms with Gasteiger partial charge >= 0.3 is 0 Å². The van der Waals surface area contributed by atoms with Crippen LogP contribution in [0.3, 0.4) is 0 Å². The predicted molar refractivity (Wildman–Crippen MR) is 59.4 cm³/mol. The summed E-state index contributed by atoms with van der Waals surface area (Å²) in [4.78, 5) is 11.1. The Balaban J connectivity index is 2.58. The van der Waals surface area contributed by atoms with E-state index in [1.54, 1.807) is 11.6 Å². The Hall–Kier alpha value is -2.17. The molecule has 82 valence electrons. The van der Waals surface area contributed by atoms with E-state index in [0.29, 0.717) is 5.69 Å². The topological polar surface area (TPSA) is 73.8 Å². The number of benzene rings is 1. The van der Waals surface area contributed by atoms with Gasteiger partial charge in [0.25, 0.3) is 5.91 Å².